The van der Waals surface area contributed by atoms with Crippen molar-refractivity contribution in [3.8, 4) is 0 Å². The molecule has 1 saturated heterocycles. The Morgan fingerprint density at radius 3 is 2.30 bits per heavy atom. The molecule has 3 N–H and O–H groups in total. The van der Waals surface area contributed by atoms with E-state index in [1.54, 1.807) is 12.5 Å². The molecule has 230 valence electrons. The van der Waals surface area contributed by atoms with Gasteiger partial charge < -0.3 is 24.6 Å². The topological polar surface area (TPSA) is 158 Å². The number of nitrogens with zero attached hydrogens (tertiary/aromatic N) is 2. The molecule has 1 aromatic heterocycles. The molecule has 1 aliphatic rings. The Balaban J connectivity index is 0. The number of ether oxygens (including phenoxy) is 1. The molecule has 0 aromatic carbocycles. The fraction of sp³-hybridized carbons (Fsp3) is 0.654. The molecular formula is C26H45N3O8S3. The third-order valence-electron chi connectivity index (χ3n) is 4.39. The number of nitrogens with two attached hydrogens (primary N) is 1. The minimum Gasteiger partial charge on any atom is -0.481 e. The Morgan fingerprint density at radius 2 is 1.80 bits per heavy atom. The quantitative estimate of drug-likeness (QED) is 0.115. The van der Waals surface area contributed by atoms with Gasteiger partial charge in [-0.25, -0.2) is 9.78 Å². The highest BCUT2D eigenvalue weighted by atomic mass is 33.1. The molecule has 0 spiro atoms. The summed E-state index contributed by atoms with van der Waals surface area (Å²) >= 11 is 1.26. The number of rotatable bonds is 15. The number of aromatic nitrogens is 1. The van der Waals surface area contributed by atoms with Gasteiger partial charge in [0.05, 0.1) is 18.6 Å². The van der Waals surface area contributed by atoms with Crippen molar-refractivity contribution in [1.29, 1.82) is 0 Å². The zero-order valence-electron chi connectivity index (χ0n) is 24.4. The van der Waals surface area contributed by atoms with Crippen molar-refractivity contribution in [2.24, 2.45) is 5.73 Å². The van der Waals surface area contributed by atoms with Gasteiger partial charge in [-0.15, -0.1) is 5.06 Å². The first-order valence-electron chi connectivity index (χ1n) is 13.0. The highest BCUT2D eigenvalue weighted by molar-refractivity contribution is 8.76. The molecule has 1 fully saturated rings. The predicted molar refractivity (Wildman–Crippen MR) is 161 cm³/mol. The van der Waals surface area contributed by atoms with E-state index in [4.69, 9.17) is 24.6 Å². The van der Waals surface area contributed by atoms with Gasteiger partial charge in [0.1, 0.15) is 5.03 Å². The predicted octanol–water partition coefficient (Wildman–Crippen LogP) is 5.14. The lowest BCUT2D eigenvalue weighted by molar-refractivity contribution is -0.197. The molecule has 14 heteroatoms. The molecule has 0 atom stereocenters. The lowest BCUT2D eigenvalue weighted by Gasteiger charge is -2.23. The van der Waals surface area contributed by atoms with Crippen LogP contribution in [0.15, 0.2) is 29.4 Å². The fourth-order valence-corrected chi connectivity index (χ4v) is 4.74. The van der Waals surface area contributed by atoms with Crippen LogP contribution < -0.4 is 5.73 Å². The molecule has 0 radical (unpaired) electrons. The summed E-state index contributed by atoms with van der Waals surface area (Å²) in [5.74, 6) is -1.75. The second-order valence-electron chi connectivity index (χ2n) is 8.09. The third kappa shape index (κ3) is 22.9. The van der Waals surface area contributed by atoms with Gasteiger partial charge in [-0.2, -0.15) is 0 Å². The molecule has 0 unspecified atom stereocenters. The normalized spacial score (nSPS) is 12.3. The van der Waals surface area contributed by atoms with Crippen LogP contribution >= 0.6 is 33.6 Å². The van der Waals surface area contributed by atoms with Gasteiger partial charge in [0.2, 0.25) is 0 Å². The van der Waals surface area contributed by atoms with Crippen molar-refractivity contribution >= 4 is 57.4 Å². The molecule has 0 saturated carbocycles. The zero-order valence-corrected chi connectivity index (χ0v) is 26.8. The molecule has 40 heavy (non-hydrogen) atoms. The first-order chi connectivity index (χ1) is 19.1. The number of pyridine rings is 1. The van der Waals surface area contributed by atoms with E-state index in [-0.39, 0.29) is 31.3 Å². The summed E-state index contributed by atoms with van der Waals surface area (Å²) in [7, 11) is 2.92. The molecule has 2 amide bonds. The van der Waals surface area contributed by atoms with E-state index in [1.807, 2.05) is 39.0 Å². The number of hydrogen-bond donors (Lipinski definition) is 2. The molecule has 0 bridgehead atoms. The van der Waals surface area contributed by atoms with Crippen molar-refractivity contribution in [2.45, 2.75) is 83.8 Å². The number of carbonyl (C=O) groups excluding carboxylic acids is 3. The van der Waals surface area contributed by atoms with E-state index in [0.717, 1.165) is 18.1 Å². The van der Waals surface area contributed by atoms with Crippen LogP contribution in [-0.4, -0.2) is 76.3 Å². The Kier molecular flexibility index (Phi) is 26.3. The summed E-state index contributed by atoms with van der Waals surface area (Å²) in [5, 5.41) is 9.58. The van der Waals surface area contributed by atoms with E-state index in [9.17, 15) is 19.2 Å². The van der Waals surface area contributed by atoms with Crippen molar-refractivity contribution < 1.29 is 38.0 Å². The van der Waals surface area contributed by atoms with Crippen molar-refractivity contribution in [3.05, 3.63) is 24.4 Å². The maximum atomic E-state index is 11.5. The maximum absolute atomic E-state index is 11.5. The molecule has 11 nitrogen and oxygen atoms in total. The van der Waals surface area contributed by atoms with Gasteiger partial charge in [-0.1, -0.05) is 30.7 Å². The van der Waals surface area contributed by atoms with Gasteiger partial charge in [0.15, 0.2) is 0 Å². The van der Waals surface area contributed by atoms with Crippen molar-refractivity contribution in [3.63, 3.8) is 0 Å². The average molecular weight is 624 g/mol. The Morgan fingerprint density at radius 1 is 1.15 bits per heavy atom. The van der Waals surface area contributed by atoms with Crippen LogP contribution in [0.5, 0.6) is 0 Å². The van der Waals surface area contributed by atoms with Crippen LogP contribution in [0.3, 0.4) is 0 Å². The van der Waals surface area contributed by atoms with E-state index >= 15 is 0 Å². The summed E-state index contributed by atoms with van der Waals surface area (Å²) in [4.78, 5) is 52.8. The highest BCUT2D eigenvalue weighted by Gasteiger charge is 2.32. The number of hydroxylamine groups is 2. The van der Waals surface area contributed by atoms with Crippen LogP contribution in [-0.2, 0) is 32.9 Å². The zero-order chi connectivity index (χ0) is 30.8. The van der Waals surface area contributed by atoms with Gasteiger partial charge in [-0.05, 0) is 75.1 Å². The van der Waals surface area contributed by atoms with Crippen molar-refractivity contribution in [1.82, 2.24) is 10.0 Å². The maximum Gasteiger partial charge on any atom is 0.334 e. The Bertz CT molecular complexity index is 809. The molecule has 1 aromatic rings. The van der Waals surface area contributed by atoms with Crippen LogP contribution in [0, 0.1) is 0 Å². The van der Waals surface area contributed by atoms with E-state index in [0.29, 0.717) is 30.4 Å². The second-order valence-corrected chi connectivity index (χ2v) is 11.1. The number of amides is 2. The van der Waals surface area contributed by atoms with Crippen LogP contribution in [0.2, 0.25) is 0 Å². The molecule has 2 rings (SSSR count). The average Bonchev–Trinajstić information content (AvgIpc) is 3.23. The van der Waals surface area contributed by atoms with Crippen LogP contribution in [0.4, 0.5) is 0 Å². The van der Waals surface area contributed by atoms with E-state index in [2.05, 4.69) is 18.8 Å². The number of imide groups is 1. The Hall–Kier alpha value is -1.84. The minimum atomic E-state index is -0.764. The van der Waals surface area contributed by atoms with Crippen LogP contribution in [0.1, 0.15) is 73.1 Å². The van der Waals surface area contributed by atoms with Gasteiger partial charge in [0, 0.05) is 44.1 Å². The fourth-order valence-electron chi connectivity index (χ4n) is 2.60. The van der Waals surface area contributed by atoms with E-state index in [1.165, 1.54) is 33.6 Å². The summed E-state index contributed by atoms with van der Waals surface area (Å²) < 4.78 is 10.2. The summed E-state index contributed by atoms with van der Waals surface area (Å²) in [6, 6.07) is 5.59. The molecule has 2 heterocycles. The summed E-state index contributed by atoms with van der Waals surface area (Å²) in [6.07, 6.45) is 5.56. The highest BCUT2D eigenvalue weighted by Crippen LogP contribution is 2.29. The second kappa shape index (κ2) is 26.1. The van der Waals surface area contributed by atoms with E-state index < -0.39 is 23.8 Å². The van der Waals surface area contributed by atoms with Crippen molar-refractivity contribution in [2.75, 3.05) is 31.8 Å². The lowest BCUT2D eigenvalue weighted by Crippen LogP contribution is -2.32. The SMILES string of the molecule is CC.CCOC(C)(C)CCN.CSOCCCC(=O)O.O=C(CCSSc1ccccn1)ON1C(=O)CCC1=O. The largest absolute Gasteiger partial charge is 0.481 e. The summed E-state index contributed by atoms with van der Waals surface area (Å²) in [5.41, 5.74) is 5.34. The lowest BCUT2D eigenvalue weighted by atomic mass is 10.1. The van der Waals surface area contributed by atoms with Gasteiger partial charge >= 0.3 is 11.9 Å². The van der Waals surface area contributed by atoms with Gasteiger partial charge in [0.25, 0.3) is 11.8 Å². The number of carboxylic acid groups (broad SMARTS) is 1. The van der Waals surface area contributed by atoms with Gasteiger partial charge in [-0.3, -0.25) is 14.4 Å². The number of hydrogen-bond acceptors (Lipinski definition) is 12. The monoisotopic (exact) mass is 623 g/mol. The minimum absolute atomic E-state index is 0.0243. The third-order valence-corrected chi connectivity index (χ3v) is 7.06. The standard InChI is InChI=1S/C12H12N2O4S2.C7H17NO.C5H10O3S.C2H6/c15-10-4-5-11(16)14(10)18-12(17)6-8-19-20-9-3-1-2-7-13-9;1-4-9-7(2,3)5-6-8;1-9-8-4-2-3-5(6)7;1-2/h1-3,7H,4-6,8H2;4-6,8H2,1-3H3;2-4H2,1H3,(H,6,7);1-2H3. The molecule has 1 aliphatic heterocycles. The number of carboxylic acids is 1. The van der Waals surface area contributed by atoms with Crippen LogP contribution in [0.25, 0.3) is 0 Å². The first kappa shape index (κ1) is 40.3. The number of carbonyl (C=O) groups is 4. The Labute approximate surface area is 250 Å². The molecular weight excluding hydrogens is 579 g/mol. The number of aliphatic carboxylic acids is 1. The smallest absolute Gasteiger partial charge is 0.334 e. The first-order valence-corrected chi connectivity index (χ1v) is 16.5. The molecule has 0 aliphatic carbocycles. The summed E-state index contributed by atoms with van der Waals surface area (Å²) in [6.45, 7) is 12.1.